The first kappa shape index (κ1) is 15.5. The van der Waals surface area contributed by atoms with E-state index in [0.717, 1.165) is 51.6 Å². The van der Waals surface area contributed by atoms with Crippen molar-refractivity contribution in [3.8, 4) is 0 Å². The monoisotopic (exact) mass is 304 g/mol. The minimum Gasteiger partial charge on any atom is -0.342 e. The van der Waals surface area contributed by atoms with Gasteiger partial charge in [0.05, 0.1) is 5.92 Å². The third kappa shape index (κ3) is 2.91. The van der Waals surface area contributed by atoms with Crippen LogP contribution in [0, 0.1) is 5.92 Å². The van der Waals surface area contributed by atoms with Crippen LogP contribution >= 0.6 is 0 Å². The molecule has 2 aliphatic rings. The Bertz CT molecular complexity index is 529. The SMILES string of the molecule is Cn1nccc1C1CCN(C(=O)C2CCCCC2(C)N)CC1. The van der Waals surface area contributed by atoms with Crippen molar-refractivity contribution >= 4 is 5.91 Å². The molecule has 2 atom stereocenters. The van der Waals surface area contributed by atoms with E-state index >= 15 is 0 Å². The highest BCUT2D eigenvalue weighted by Gasteiger charge is 2.40. The van der Waals surface area contributed by atoms with Crippen LogP contribution in [0.1, 0.15) is 57.1 Å². The van der Waals surface area contributed by atoms with Gasteiger partial charge in [-0.15, -0.1) is 0 Å². The third-order valence-electron chi connectivity index (χ3n) is 5.64. The Morgan fingerprint density at radius 1 is 1.32 bits per heavy atom. The van der Waals surface area contributed by atoms with Crippen molar-refractivity contribution in [3.63, 3.8) is 0 Å². The number of likely N-dealkylation sites (tertiary alicyclic amines) is 1. The molecule has 2 heterocycles. The van der Waals surface area contributed by atoms with Crippen LogP contribution in [0.4, 0.5) is 0 Å². The van der Waals surface area contributed by atoms with Gasteiger partial charge in [-0.2, -0.15) is 5.10 Å². The van der Waals surface area contributed by atoms with Crippen LogP contribution in [-0.4, -0.2) is 39.2 Å². The van der Waals surface area contributed by atoms with Crippen LogP contribution in [0.3, 0.4) is 0 Å². The van der Waals surface area contributed by atoms with E-state index in [1.54, 1.807) is 0 Å². The number of aryl methyl sites for hydroxylation is 1. The maximum Gasteiger partial charge on any atom is 0.227 e. The molecule has 122 valence electrons. The maximum atomic E-state index is 12.9. The first-order valence-electron chi connectivity index (χ1n) is 8.54. The molecule has 3 rings (SSSR count). The van der Waals surface area contributed by atoms with Gasteiger partial charge in [0.1, 0.15) is 0 Å². The average Bonchev–Trinajstić information content (AvgIpc) is 2.92. The summed E-state index contributed by atoms with van der Waals surface area (Å²) in [5.74, 6) is 0.815. The van der Waals surface area contributed by atoms with Crippen LogP contribution in [-0.2, 0) is 11.8 Å². The molecule has 1 saturated carbocycles. The molecule has 2 fully saturated rings. The molecule has 2 N–H and O–H groups in total. The molecule has 1 aliphatic heterocycles. The number of nitrogens with two attached hydrogens (primary N) is 1. The minimum absolute atomic E-state index is 0.00880. The van der Waals surface area contributed by atoms with E-state index in [-0.39, 0.29) is 17.4 Å². The highest BCUT2D eigenvalue weighted by Crippen LogP contribution is 2.35. The van der Waals surface area contributed by atoms with Gasteiger partial charge in [-0.1, -0.05) is 12.8 Å². The lowest BCUT2D eigenvalue weighted by atomic mass is 9.73. The van der Waals surface area contributed by atoms with Gasteiger partial charge in [0.2, 0.25) is 5.91 Å². The Hall–Kier alpha value is -1.36. The number of hydrogen-bond donors (Lipinski definition) is 1. The van der Waals surface area contributed by atoms with Crippen molar-refractivity contribution in [2.75, 3.05) is 13.1 Å². The van der Waals surface area contributed by atoms with E-state index in [9.17, 15) is 4.79 Å². The minimum atomic E-state index is -0.325. The van der Waals surface area contributed by atoms with Crippen molar-refractivity contribution in [3.05, 3.63) is 18.0 Å². The molecule has 2 unspecified atom stereocenters. The predicted molar refractivity (Wildman–Crippen MR) is 86.3 cm³/mol. The smallest absolute Gasteiger partial charge is 0.227 e. The van der Waals surface area contributed by atoms with E-state index < -0.39 is 0 Å². The van der Waals surface area contributed by atoms with Gasteiger partial charge in [0.25, 0.3) is 0 Å². The van der Waals surface area contributed by atoms with E-state index in [1.807, 2.05) is 22.8 Å². The molecular weight excluding hydrogens is 276 g/mol. The Kier molecular flexibility index (Phi) is 4.26. The highest BCUT2D eigenvalue weighted by molar-refractivity contribution is 5.80. The highest BCUT2D eigenvalue weighted by atomic mass is 16.2. The third-order valence-corrected chi connectivity index (χ3v) is 5.64. The van der Waals surface area contributed by atoms with Gasteiger partial charge in [-0.3, -0.25) is 9.48 Å². The van der Waals surface area contributed by atoms with Crippen molar-refractivity contribution in [2.45, 2.75) is 56.9 Å². The summed E-state index contributed by atoms with van der Waals surface area (Å²) >= 11 is 0. The predicted octanol–water partition coefficient (Wildman–Crippen LogP) is 2.03. The first-order valence-corrected chi connectivity index (χ1v) is 8.54. The molecule has 0 bridgehead atoms. The fourth-order valence-electron chi connectivity index (χ4n) is 4.16. The Balaban J connectivity index is 1.61. The number of carbonyl (C=O) groups excluding carboxylic acids is 1. The lowest BCUT2D eigenvalue weighted by Gasteiger charge is -2.41. The number of piperidine rings is 1. The van der Waals surface area contributed by atoms with Gasteiger partial charge in [-0.25, -0.2) is 0 Å². The van der Waals surface area contributed by atoms with Crippen LogP contribution in [0.5, 0.6) is 0 Å². The molecule has 1 saturated heterocycles. The topological polar surface area (TPSA) is 64.2 Å². The van der Waals surface area contributed by atoms with Crippen LogP contribution in [0.2, 0.25) is 0 Å². The van der Waals surface area contributed by atoms with Crippen LogP contribution in [0.15, 0.2) is 12.3 Å². The quantitative estimate of drug-likeness (QED) is 0.909. The standard InChI is InChI=1S/C17H28N4O/c1-17(18)9-4-3-5-14(17)16(22)21-11-7-13(8-12-21)15-6-10-19-20(15)2/h6,10,13-14H,3-5,7-9,11-12,18H2,1-2H3. The second kappa shape index (κ2) is 6.03. The second-order valence-corrected chi connectivity index (χ2v) is 7.28. The summed E-state index contributed by atoms with van der Waals surface area (Å²) in [6.07, 6.45) is 8.11. The molecule has 1 aromatic rings. The molecule has 0 aromatic carbocycles. The fraction of sp³-hybridized carbons (Fsp3) is 0.765. The van der Waals surface area contributed by atoms with Gasteiger partial charge in [-0.05, 0) is 38.7 Å². The molecule has 1 aliphatic carbocycles. The summed E-state index contributed by atoms with van der Waals surface area (Å²) in [6.45, 7) is 3.75. The van der Waals surface area contributed by atoms with E-state index in [4.69, 9.17) is 5.73 Å². The van der Waals surface area contributed by atoms with Gasteiger partial charge in [0, 0.05) is 43.5 Å². The zero-order chi connectivity index (χ0) is 15.7. The molecule has 1 amide bonds. The van der Waals surface area contributed by atoms with E-state index in [2.05, 4.69) is 18.1 Å². The number of aromatic nitrogens is 2. The zero-order valence-corrected chi connectivity index (χ0v) is 13.8. The van der Waals surface area contributed by atoms with Gasteiger partial charge < -0.3 is 10.6 Å². The molecule has 0 radical (unpaired) electrons. The summed E-state index contributed by atoms with van der Waals surface area (Å²) in [6, 6.07) is 2.10. The van der Waals surface area contributed by atoms with E-state index in [0.29, 0.717) is 5.92 Å². The molecule has 1 aromatic heterocycles. The summed E-state index contributed by atoms with van der Waals surface area (Å²) < 4.78 is 1.96. The number of nitrogens with zero attached hydrogens (tertiary/aromatic N) is 3. The second-order valence-electron chi connectivity index (χ2n) is 7.28. The molecular formula is C17H28N4O. The molecule has 0 spiro atoms. The van der Waals surface area contributed by atoms with Crippen molar-refractivity contribution in [1.29, 1.82) is 0 Å². The summed E-state index contributed by atoms with van der Waals surface area (Å²) in [5.41, 5.74) is 7.36. The van der Waals surface area contributed by atoms with Gasteiger partial charge >= 0.3 is 0 Å². The largest absolute Gasteiger partial charge is 0.342 e. The Morgan fingerprint density at radius 2 is 2.05 bits per heavy atom. The van der Waals surface area contributed by atoms with E-state index in [1.165, 1.54) is 5.69 Å². The summed E-state index contributed by atoms with van der Waals surface area (Å²) in [7, 11) is 1.99. The Morgan fingerprint density at radius 3 is 2.64 bits per heavy atom. The number of rotatable bonds is 2. The number of carbonyl (C=O) groups is 1. The first-order chi connectivity index (χ1) is 10.5. The van der Waals surface area contributed by atoms with Crippen molar-refractivity contribution in [2.24, 2.45) is 18.7 Å². The summed E-state index contributed by atoms with van der Waals surface area (Å²) in [5, 5.41) is 4.26. The Labute approximate surface area is 132 Å². The van der Waals surface area contributed by atoms with Gasteiger partial charge in [0.15, 0.2) is 0 Å². The summed E-state index contributed by atoms with van der Waals surface area (Å²) in [4.78, 5) is 14.9. The fourth-order valence-corrected chi connectivity index (χ4v) is 4.16. The number of hydrogen-bond acceptors (Lipinski definition) is 3. The molecule has 22 heavy (non-hydrogen) atoms. The lowest BCUT2D eigenvalue weighted by Crippen LogP contribution is -2.54. The molecule has 5 heteroatoms. The zero-order valence-electron chi connectivity index (χ0n) is 13.8. The van der Waals surface area contributed by atoms with Crippen LogP contribution in [0.25, 0.3) is 0 Å². The lowest BCUT2D eigenvalue weighted by molar-refractivity contribution is -0.140. The average molecular weight is 304 g/mol. The van der Waals surface area contributed by atoms with Crippen LogP contribution < -0.4 is 5.73 Å². The number of amides is 1. The normalized spacial score (nSPS) is 30.5. The van der Waals surface area contributed by atoms with Crippen molar-refractivity contribution in [1.82, 2.24) is 14.7 Å². The van der Waals surface area contributed by atoms with Crippen molar-refractivity contribution < 1.29 is 4.79 Å². The maximum absolute atomic E-state index is 12.9. The molecule has 5 nitrogen and oxygen atoms in total.